The second-order valence-electron chi connectivity index (χ2n) is 6.35. The second-order valence-corrected chi connectivity index (χ2v) is 6.35. The molecule has 0 bridgehead atoms. The van der Waals surface area contributed by atoms with Gasteiger partial charge >= 0.3 is 5.97 Å². The molecule has 1 aromatic heterocycles. The number of pyridine rings is 1. The van der Waals surface area contributed by atoms with E-state index in [0.717, 1.165) is 11.1 Å². The number of aromatic amines is 1. The van der Waals surface area contributed by atoms with Gasteiger partial charge in [0.15, 0.2) is 0 Å². The quantitative estimate of drug-likeness (QED) is 0.897. The van der Waals surface area contributed by atoms with E-state index in [2.05, 4.69) is 4.98 Å². The normalized spacial score (nSPS) is 17.3. The van der Waals surface area contributed by atoms with Crippen molar-refractivity contribution in [3.05, 3.63) is 58.0 Å². The molecule has 0 spiro atoms. The summed E-state index contributed by atoms with van der Waals surface area (Å²) in [5, 5.41) is 9.19. The molecule has 2 heterocycles. The topological polar surface area (TPSA) is 90.5 Å². The molecule has 6 nitrogen and oxygen atoms in total. The number of carboxylic acid groups (broad SMARTS) is 1. The van der Waals surface area contributed by atoms with Crippen molar-refractivity contribution in [3.8, 4) is 11.1 Å². The molecule has 1 unspecified atom stereocenters. The maximum Gasteiger partial charge on any atom is 0.308 e. The van der Waals surface area contributed by atoms with Crippen LogP contribution in [-0.2, 0) is 4.79 Å². The van der Waals surface area contributed by atoms with Crippen LogP contribution < -0.4 is 5.56 Å². The SMILES string of the molecule is Cc1[nH]c(=O)c(C(=O)N2CCCC(C(=O)O)C2)cc1-c1ccccc1. The number of hydrogen-bond acceptors (Lipinski definition) is 3. The van der Waals surface area contributed by atoms with E-state index in [1.807, 2.05) is 30.3 Å². The first-order chi connectivity index (χ1) is 12.0. The van der Waals surface area contributed by atoms with Crippen LogP contribution in [0, 0.1) is 12.8 Å². The molecule has 1 fully saturated rings. The molecule has 0 aliphatic carbocycles. The Labute approximate surface area is 145 Å². The fourth-order valence-corrected chi connectivity index (χ4v) is 3.23. The molecule has 2 N–H and O–H groups in total. The van der Waals surface area contributed by atoms with Crippen LogP contribution in [0.15, 0.2) is 41.2 Å². The van der Waals surface area contributed by atoms with Crippen molar-refractivity contribution in [2.24, 2.45) is 5.92 Å². The highest BCUT2D eigenvalue weighted by molar-refractivity contribution is 5.95. The summed E-state index contributed by atoms with van der Waals surface area (Å²) in [5.74, 6) is -1.89. The van der Waals surface area contributed by atoms with Crippen molar-refractivity contribution in [2.75, 3.05) is 13.1 Å². The summed E-state index contributed by atoms with van der Waals surface area (Å²) in [6.45, 7) is 2.40. The van der Waals surface area contributed by atoms with E-state index in [0.29, 0.717) is 25.1 Å². The highest BCUT2D eigenvalue weighted by Gasteiger charge is 2.30. The van der Waals surface area contributed by atoms with Crippen LogP contribution in [0.1, 0.15) is 28.9 Å². The summed E-state index contributed by atoms with van der Waals surface area (Å²) in [6.07, 6.45) is 1.18. The Morgan fingerprint density at radius 1 is 1.24 bits per heavy atom. The molecular formula is C19H20N2O4. The number of benzene rings is 1. The van der Waals surface area contributed by atoms with Crippen LogP contribution in [0.5, 0.6) is 0 Å². The lowest BCUT2D eigenvalue weighted by atomic mass is 9.97. The Hall–Kier alpha value is -2.89. The fourth-order valence-electron chi connectivity index (χ4n) is 3.23. The van der Waals surface area contributed by atoms with Crippen LogP contribution in [-0.4, -0.2) is 40.0 Å². The highest BCUT2D eigenvalue weighted by atomic mass is 16.4. The first kappa shape index (κ1) is 17.0. The second kappa shape index (κ2) is 6.93. The minimum Gasteiger partial charge on any atom is -0.481 e. The zero-order chi connectivity index (χ0) is 18.0. The number of hydrogen-bond donors (Lipinski definition) is 2. The van der Waals surface area contributed by atoms with E-state index >= 15 is 0 Å². The zero-order valence-corrected chi connectivity index (χ0v) is 14.0. The van der Waals surface area contributed by atoms with Gasteiger partial charge in [0.2, 0.25) is 0 Å². The predicted octanol–water partition coefficient (Wildman–Crippen LogP) is 2.29. The van der Waals surface area contributed by atoms with Gasteiger partial charge in [-0.25, -0.2) is 0 Å². The van der Waals surface area contributed by atoms with Gasteiger partial charge in [0.05, 0.1) is 5.92 Å². The van der Waals surface area contributed by atoms with Gasteiger partial charge in [-0.05, 0) is 31.4 Å². The van der Waals surface area contributed by atoms with Crippen LogP contribution >= 0.6 is 0 Å². The van der Waals surface area contributed by atoms with Crippen molar-refractivity contribution in [1.82, 2.24) is 9.88 Å². The van der Waals surface area contributed by atoms with Crippen LogP contribution in [0.4, 0.5) is 0 Å². The lowest BCUT2D eigenvalue weighted by Gasteiger charge is -2.30. The monoisotopic (exact) mass is 340 g/mol. The summed E-state index contributed by atoms with van der Waals surface area (Å²) < 4.78 is 0. The van der Waals surface area contributed by atoms with Crippen LogP contribution in [0.2, 0.25) is 0 Å². The van der Waals surface area contributed by atoms with Crippen molar-refractivity contribution in [3.63, 3.8) is 0 Å². The maximum atomic E-state index is 12.8. The van der Waals surface area contributed by atoms with Crippen molar-refractivity contribution in [1.29, 1.82) is 0 Å². The number of aryl methyl sites for hydroxylation is 1. The van der Waals surface area contributed by atoms with Gasteiger partial charge < -0.3 is 15.0 Å². The Bertz CT molecular complexity index is 857. The minimum atomic E-state index is -0.903. The summed E-state index contributed by atoms with van der Waals surface area (Å²) in [7, 11) is 0. The van der Waals surface area contributed by atoms with E-state index in [9.17, 15) is 19.5 Å². The summed E-state index contributed by atoms with van der Waals surface area (Å²) in [4.78, 5) is 40.5. The van der Waals surface area contributed by atoms with Gasteiger partial charge in [-0.2, -0.15) is 0 Å². The van der Waals surface area contributed by atoms with E-state index < -0.39 is 23.4 Å². The third-order valence-corrected chi connectivity index (χ3v) is 4.61. The molecule has 1 aromatic carbocycles. The van der Waals surface area contributed by atoms with Gasteiger partial charge in [-0.3, -0.25) is 14.4 Å². The number of carboxylic acids is 1. The molecule has 3 rings (SSSR count). The average molecular weight is 340 g/mol. The number of H-pyrrole nitrogens is 1. The number of nitrogens with one attached hydrogen (secondary N) is 1. The Kier molecular flexibility index (Phi) is 4.70. The van der Waals surface area contributed by atoms with Gasteiger partial charge in [0.25, 0.3) is 11.5 Å². The molecule has 130 valence electrons. The summed E-state index contributed by atoms with van der Waals surface area (Å²) in [5.41, 5.74) is 1.99. The Morgan fingerprint density at radius 3 is 2.64 bits per heavy atom. The van der Waals surface area contributed by atoms with Crippen molar-refractivity contribution < 1.29 is 14.7 Å². The number of carbonyl (C=O) groups excluding carboxylic acids is 1. The summed E-state index contributed by atoms with van der Waals surface area (Å²) >= 11 is 0. The molecule has 1 aliphatic rings. The standard InChI is InChI=1S/C19H20N2O4/c1-12-15(13-6-3-2-4-7-13)10-16(17(22)20-12)18(23)21-9-5-8-14(11-21)19(24)25/h2-4,6-7,10,14H,5,8-9,11H2,1H3,(H,20,22)(H,24,25). The van der Waals surface area contributed by atoms with Gasteiger partial charge in [0.1, 0.15) is 5.56 Å². The lowest BCUT2D eigenvalue weighted by Crippen LogP contribution is -2.43. The zero-order valence-electron chi connectivity index (χ0n) is 14.0. The molecule has 1 amide bonds. The van der Waals surface area contributed by atoms with Crippen molar-refractivity contribution in [2.45, 2.75) is 19.8 Å². The van der Waals surface area contributed by atoms with Gasteiger partial charge in [0, 0.05) is 24.3 Å². The molecule has 0 radical (unpaired) electrons. The Balaban J connectivity index is 1.95. The third-order valence-electron chi connectivity index (χ3n) is 4.61. The van der Waals surface area contributed by atoms with Crippen molar-refractivity contribution >= 4 is 11.9 Å². The highest BCUT2D eigenvalue weighted by Crippen LogP contribution is 2.23. The minimum absolute atomic E-state index is 0.0514. The van der Waals surface area contributed by atoms with E-state index in [1.54, 1.807) is 13.0 Å². The molecular weight excluding hydrogens is 320 g/mol. The third kappa shape index (κ3) is 3.47. The average Bonchev–Trinajstić information content (AvgIpc) is 2.62. The molecule has 25 heavy (non-hydrogen) atoms. The largest absolute Gasteiger partial charge is 0.481 e. The first-order valence-electron chi connectivity index (χ1n) is 8.29. The smallest absolute Gasteiger partial charge is 0.308 e. The molecule has 1 saturated heterocycles. The molecule has 2 aromatic rings. The molecule has 1 aliphatic heterocycles. The number of piperidine rings is 1. The lowest BCUT2D eigenvalue weighted by molar-refractivity contribution is -0.143. The number of amides is 1. The summed E-state index contributed by atoms with van der Waals surface area (Å²) in [6, 6.07) is 11.1. The van der Waals surface area contributed by atoms with Crippen LogP contribution in [0.25, 0.3) is 11.1 Å². The first-order valence-corrected chi connectivity index (χ1v) is 8.29. The van der Waals surface area contributed by atoms with E-state index in [1.165, 1.54) is 4.90 Å². The predicted molar refractivity (Wildman–Crippen MR) is 93.5 cm³/mol. The molecule has 1 atom stereocenters. The fraction of sp³-hybridized carbons (Fsp3) is 0.316. The molecule has 6 heteroatoms. The number of aromatic nitrogens is 1. The van der Waals surface area contributed by atoms with Gasteiger partial charge in [-0.1, -0.05) is 30.3 Å². The van der Waals surface area contributed by atoms with Gasteiger partial charge in [-0.15, -0.1) is 0 Å². The number of carbonyl (C=O) groups is 2. The van der Waals surface area contributed by atoms with E-state index in [-0.39, 0.29) is 12.1 Å². The maximum absolute atomic E-state index is 12.8. The number of rotatable bonds is 3. The number of likely N-dealkylation sites (tertiary alicyclic amines) is 1. The van der Waals surface area contributed by atoms with E-state index in [4.69, 9.17) is 0 Å². The molecule has 0 saturated carbocycles. The Morgan fingerprint density at radius 2 is 1.96 bits per heavy atom. The number of nitrogens with zero attached hydrogens (tertiary/aromatic N) is 1. The van der Waals surface area contributed by atoms with Crippen LogP contribution in [0.3, 0.4) is 0 Å². The number of aliphatic carboxylic acids is 1.